The Morgan fingerprint density at radius 2 is 1.35 bits per heavy atom. The highest BCUT2D eigenvalue weighted by atomic mass is 15.0. The van der Waals surface area contributed by atoms with E-state index in [1.54, 1.807) is 0 Å². The van der Waals surface area contributed by atoms with Crippen LogP contribution in [0.15, 0.2) is 85.1 Å². The molecule has 0 aliphatic rings. The molecule has 0 spiro atoms. The van der Waals surface area contributed by atoms with E-state index in [9.17, 15) is 0 Å². The molecule has 6 nitrogen and oxygen atoms in total. The number of imidazole rings is 2. The van der Waals surface area contributed by atoms with Crippen LogP contribution in [0.1, 0.15) is 11.3 Å². The van der Waals surface area contributed by atoms with Gasteiger partial charge in [-0.1, -0.05) is 36.4 Å². The van der Waals surface area contributed by atoms with Crippen molar-refractivity contribution in [1.82, 2.24) is 29.9 Å². The summed E-state index contributed by atoms with van der Waals surface area (Å²) in [5.74, 6) is 1.48. The second-order valence-corrected chi connectivity index (χ2v) is 7.41. The molecule has 0 radical (unpaired) electrons. The van der Waals surface area contributed by atoms with Crippen molar-refractivity contribution in [2.24, 2.45) is 0 Å². The van der Waals surface area contributed by atoms with E-state index in [0.29, 0.717) is 0 Å². The normalized spacial score (nSPS) is 11.4. The standard InChI is InChI=1S/C25H18N6/c1-2-10-19-18(9-1)28-24(29-19)21-12-6-13-22(27-21)25-30-20-11-5-7-16(23(20)31-25)15-17-8-3-4-14-26-17/h1-14H,15H2,(H,28,29)(H,30,31). The third-order valence-electron chi connectivity index (χ3n) is 5.32. The molecule has 0 amide bonds. The van der Waals surface area contributed by atoms with E-state index in [0.717, 1.165) is 62.8 Å². The van der Waals surface area contributed by atoms with Gasteiger partial charge in [0.1, 0.15) is 11.4 Å². The largest absolute Gasteiger partial charge is 0.337 e. The first-order valence-corrected chi connectivity index (χ1v) is 10.1. The van der Waals surface area contributed by atoms with E-state index in [-0.39, 0.29) is 0 Å². The van der Waals surface area contributed by atoms with Gasteiger partial charge in [-0.25, -0.2) is 15.0 Å². The summed E-state index contributed by atoms with van der Waals surface area (Å²) in [6, 6.07) is 26.0. The van der Waals surface area contributed by atoms with E-state index in [4.69, 9.17) is 9.97 Å². The fraction of sp³-hybridized carbons (Fsp3) is 0.0400. The molecule has 0 fully saturated rings. The zero-order valence-electron chi connectivity index (χ0n) is 16.6. The topological polar surface area (TPSA) is 83.1 Å². The first-order chi connectivity index (χ1) is 15.3. The summed E-state index contributed by atoms with van der Waals surface area (Å²) < 4.78 is 0. The monoisotopic (exact) mass is 402 g/mol. The number of rotatable bonds is 4. The smallest absolute Gasteiger partial charge is 0.157 e. The number of aromatic nitrogens is 6. The van der Waals surface area contributed by atoms with Gasteiger partial charge in [0.15, 0.2) is 11.6 Å². The van der Waals surface area contributed by atoms with Crippen LogP contribution in [-0.2, 0) is 6.42 Å². The van der Waals surface area contributed by atoms with Crippen molar-refractivity contribution < 1.29 is 0 Å². The minimum absolute atomic E-state index is 0.731. The Labute approximate surface area is 178 Å². The average Bonchev–Trinajstić information content (AvgIpc) is 3.45. The van der Waals surface area contributed by atoms with Gasteiger partial charge in [0.25, 0.3) is 0 Å². The van der Waals surface area contributed by atoms with Crippen LogP contribution in [0.3, 0.4) is 0 Å². The molecule has 4 heterocycles. The molecule has 31 heavy (non-hydrogen) atoms. The van der Waals surface area contributed by atoms with Crippen LogP contribution in [-0.4, -0.2) is 29.9 Å². The van der Waals surface area contributed by atoms with Gasteiger partial charge in [0.05, 0.1) is 22.1 Å². The molecule has 2 aromatic carbocycles. The van der Waals surface area contributed by atoms with E-state index in [1.165, 1.54) is 0 Å². The number of para-hydroxylation sites is 3. The first kappa shape index (κ1) is 17.5. The number of hydrogen-bond donors (Lipinski definition) is 2. The molecule has 6 aromatic rings. The van der Waals surface area contributed by atoms with E-state index >= 15 is 0 Å². The molecule has 0 saturated heterocycles. The van der Waals surface area contributed by atoms with Crippen molar-refractivity contribution in [1.29, 1.82) is 0 Å². The van der Waals surface area contributed by atoms with Crippen LogP contribution in [0, 0.1) is 0 Å². The number of nitrogens with zero attached hydrogens (tertiary/aromatic N) is 4. The summed E-state index contributed by atoms with van der Waals surface area (Å²) in [6.07, 6.45) is 2.55. The SMILES string of the molecule is c1ccc(Cc2cccc3[nH]c(-c4cccc(-c5nc6ccccc6[nH]5)n4)nc23)nc1. The fourth-order valence-electron chi connectivity index (χ4n) is 3.83. The van der Waals surface area contributed by atoms with E-state index < -0.39 is 0 Å². The Hall–Kier alpha value is -4.32. The third kappa shape index (κ3) is 3.24. The molecule has 0 aliphatic carbocycles. The molecule has 0 saturated carbocycles. The van der Waals surface area contributed by atoms with Crippen molar-refractivity contribution in [3.8, 4) is 23.0 Å². The van der Waals surface area contributed by atoms with Gasteiger partial charge >= 0.3 is 0 Å². The molecule has 2 N–H and O–H groups in total. The molecular formula is C25H18N6. The summed E-state index contributed by atoms with van der Waals surface area (Å²) in [5.41, 5.74) is 7.55. The maximum atomic E-state index is 4.88. The summed E-state index contributed by atoms with van der Waals surface area (Å²) >= 11 is 0. The van der Waals surface area contributed by atoms with Crippen LogP contribution in [0.5, 0.6) is 0 Å². The number of aromatic amines is 2. The molecule has 0 atom stereocenters. The molecule has 6 rings (SSSR count). The van der Waals surface area contributed by atoms with Crippen molar-refractivity contribution >= 4 is 22.1 Å². The molecule has 0 unspecified atom stereocenters. The molecule has 6 heteroatoms. The van der Waals surface area contributed by atoms with Crippen LogP contribution < -0.4 is 0 Å². The minimum atomic E-state index is 0.731. The quantitative estimate of drug-likeness (QED) is 0.427. The predicted molar refractivity (Wildman–Crippen MR) is 121 cm³/mol. The third-order valence-corrected chi connectivity index (χ3v) is 5.32. The number of pyridine rings is 2. The van der Waals surface area contributed by atoms with Gasteiger partial charge < -0.3 is 9.97 Å². The van der Waals surface area contributed by atoms with E-state index in [2.05, 4.69) is 26.0 Å². The number of benzene rings is 2. The summed E-state index contributed by atoms with van der Waals surface area (Å²) in [7, 11) is 0. The van der Waals surface area contributed by atoms with Gasteiger partial charge in [0.2, 0.25) is 0 Å². The van der Waals surface area contributed by atoms with Crippen LogP contribution in [0.4, 0.5) is 0 Å². The second-order valence-electron chi connectivity index (χ2n) is 7.41. The lowest BCUT2D eigenvalue weighted by Crippen LogP contribution is -1.92. The van der Waals surface area contributed by atoms with Crippen LogP contribution in [0.25, 0.3) is 45.1 Å². The van der Waals surface area contributed by atoms with Gasteiger partial charge in [-0.05, 0) is 48.0 Å². The van der Waals surface area contributed by atoms with Crippen molar-refractivity contribution in [3.63, 3.8) is 0 Å². The maximum Gasteiger partial charge on any atom is 0.157 e. The number of fused-ring (bicyclic) bond motifs is 2. The fourth-order valence-corrected chi connectivity index (χ4v) is 3.83. The summed E-state index contributed by atoms with van der Waals surface area (Å²) in [5, 5.41) is 0. The first-order valence-electron chi connectivity index (χ1n) is 10.1. The summed E-state index contributed by atoms with van der Waals surface area (Å²) in [6.45, 7) is 0. The molecule has 0 aliphatic heterocycles. The van der Waals surface area contributed by atoms with Gasteiger partial charge in [-0.2, -0.15) is 0 Å². The van der Waals surface area contributed by atoms with Crippen molar-refractivity contribution in [2.75, 3.05) is 0 Å². The Bertz CT molecular complexity index is 1480. The Morgan fingerprint density at radius 1 is 0.613 bits per heavy atom. The van der Waals surface area contributed by atoms with Crippen molar-refractivity contribution in [2.45, 2.75) is 6.42 Å². The molecule has 0 bridgehead atoms. The van der Waals surface area contributed by atoms with E-state index in [1.807, 2.05) is 79.0 Å². The molecular weight excluding hydrogens is 384 g/mol. The highest BCUT2D eigenvalue weighted by Crippen LogP contribution is 2.25. The molecule has 4 aromatic heterocycles. The Balaban J connectivity index is 1.40. The lowest BCUT2D eigenvalue weighted by molar-refractivity contribution is 1.08. The predicted octanol–water partition coefficient (Wildman–Crippen LogP) is 5.15. The van der Waals surface area contributed by atoms with Crippen LogP contribution >= 0.6 is 0 Å². The van der Waals surface area contributed by atoms with Gasteiger partial charge in [-0.15, -0.1) is 0 Å². The highest BCUT2D eigenvalue weighted by Gasteiger charge is 2.13. The average molecular weight is 402 g/mol. The lowest BCUT2D eigenvalue weighted by atomic mass is 10.1. The molecule has 148 valence electrons. The number of hydrogen-bond acceptors (Lipinski definition) is 4. The zero-order chi connectivity index (χ0) is 20.6. The maximum absolute atomic E-state index is 4.88. The Kier molecular flexibility index (Phi) is 4.06. The number of H-pyrrole nitrogens is 2. The minimum Gasteiger partial charge on any atom is -0.337 e. The summed E-state index contributed by atoms with van der Waals surface area (Å²) in [4.78, 5) is 25.6. The highest BCUT2D eigenvalue weighted by molar-refractivity contribution is 5.83. The lowest BCUT2D eigenvalue weighted by Gasteiger charge is -2.01. The Morgan fingerprint density at radius 3 is 2.19 bits per heavy atom. The zero-order valence-corrected chi connectivity index (χ0v) is 16.6. The van der Waals surface area contributed by atoms with Gasteiger partial charge in [0, 0.05) is 18.3 Å². The second kappa shape index (κ2) is 7.18. The van der Waals surface area contributed by atoms with Crippen LogP contribution in [0.2, 0.25) is 0 Å². The number of nitrogens with one attached hydrogen (secondary N) is 2. The van der Waals surface area contributed by atoms with Crippen molar-refractivity contribution in [3.05, 3.63) is 96.3 Å². The van der Waals surface area contributed by atoms with Gasteiger partial charge in [-0.3, -0.25) is 4.98 Å².